The summed E-state index contributed by atoms with van der Waals surface area (Å²) in [6, 6.07) is 42.2. The molecule has 0 saturated heterocycles. The molecule has 310 valence electrons. The van der Waals surface area contributed by atoms with Gasteiger partial charge in [-0.3, -0.25) is 4.98 Å². The molecule has 6 heterocycles. The van der Waals surface area contributed by atoms with Crippen molar-refractivity contribution in [3.8, 4) is 56.9 Å². The van der Waals surface area contributed by atoms with Gasteiger partial charge in [0.25, 0.3) is 0 Å². The third-order valence-electron chi connectivity index (χ3n) is 11.0. The van der Waals surface area contributed by atoms with Crippen molar-refractivity contribution < 1.29 is 23.7 Å². The van der Waals surface area contributed by atoms with Gasteiger partial charge in [0.2, 0.25) is 0 Å². The summed E-state index contributed by atoms with van der Waals surface area (Å²) in [4.78, 5) is 37.1. The van der Waals surface area contributed by atoms with Crippen LogP contribution in [-0.2, 0) is 14.2 Å². The average Bonchev–Trinajstić information content (AvgIpc) is 4.07. The smallest absolute Gasteiger partial charge is 0.168 e. The first-order chi connectivity index (χ1) is 31.2. The molecule has 0 aliphatic carbocycles. The minimum Gasteiger partial charge on any atom is -0.490 e. The van der Waals surface area contributed by atoms with Crippen LogP contribution in [0.5, 0.6) is 11.5 Å². The number of hydrogen-bond donors (Lipinski definition) is 2. The van der Waals surface area contributed by atoms with Crippen LogP contribution in [0.15, 0.2) is 134 Å². The number of benzene rings is 5. The van der Waals surface area contributed by atoms with Crippen LogP contribution in [0.25, 0.3) is 100 Å². The summed E-state index contributed by atoms with van der Waals surface area (Å²) in [5.74, 6) is 3.00. The van der Waals surface area contributed by atoms with Crippen molar-refractivity contribution in [1.29, 1.82) is 0 Å². The predicted octanol–water partition coefficient (Wildman–Crippen LogP) is 9.53. The highest BCUT2D eigenvalue weighted by atomic mass is 16.6. The van der Waals surface area contributed by atoms with Gasteiger partial charge in [-0.05, 0) is 24.3 Å². The van der Waals surface area contributed by atoms with E-state index in [2.05, 4.69) is 45.3 Å². The largest absolute Gasteiger partial charge is 0.490 e. The first-order valence-corrected chi connectivity index (χ1v) is 20.9. The molecular formula is C50H40N8O5. The zero-order valence-corrected chi connectivity index (χ0v) is 34.1. The number of nitrogens with one attached hydrogen (secondary N) is 2. The number of pyridine rings is 1. The van der Waals surface area contributed by atoms with E-state index in [1.807, 2.05) is 97.1 Å². The Morgan fingerprint density at radius 3 is 1.70 bits per heavy atom. The Labute approximate surface area is 360 Å². The molecule has 0 saturated carbocycles. The highest BCUT2D eigenvalue weighted by molar-refractivity contribution is 6.07. The molecule has 63 heavy (non-hydrogen) atoms. The fraction of sp³-hybridized carbons (Fsp3) is 0.160. The van der Waals surface area contributed by atoms with Crippen LogP contribution in [0, 0.1) is 0 Å². The lowest BCUT2D eigenvalue weighted by Crippen LogP contribution is -2.14. The zero-order chi connectivity index (χ0) is 42.0. The molecule has 2 aliphatic heterocycles. The third-order valence-corrected chi connectivity index (χ3v) is 11.0. The van der Waals surface area contributed by atoms with Crippen molar-refractivity contribution in [1.82, 2.24) is 39.9 Å². The fourth-order valence-electron chi connectivity index (χ4n) is 8.10. The van der Waals surface area contributed by atoms with Gasteiger partial charge in [0.15, 0.2) is 17.5 Å². The molecule has 13 heteroatoms. The van der Waals surface area contributed by atoms with Crippen molar-refractivity contribution in [3.05, 3.63) is 134 Å². The summed E-state index contributed by atoms with van der Waals surface area (Å²) < 4.78 is 29.6. The Morgan fingerprint density at radius 1 is 0.413 bits per heavy atom. The van der Waals surface area contributed by atoms with Gasteiger partial charge in [0.05, 0.1) is 50.9 Å². The third kappa shape index (κ3) is 7.58. The Kier molecular flexibility index (Phi) is 10.4. The van der Waals surface area contributed by atoms with Gasteiger partial charge in [-0.1, -0.05) is 103 Å². The molecule has 9 aromatic rings. The lowest BCUT2D eigenvalue weighted by molar-refractivity contribution is 0.00507. The van der Waals surface area contributed by atoms with Crippen LogP contribution in [0.2, 0.25) is 0 Å². The zero-order valence-electron chi connectivity index (χ0n) is 34.1. The van der Waals surface area contributed by atoms with Gasteiger partial charge in [-0.25, -0.2) is 24.9 Å². The molecule has 13 nitrogen and oxygen atoms in total. The van der Waals surface area contributed by atoms with E-state index >= 15 is 0 Å². The second-order valence-corrected chi connectivity index (χ2v) is 14.9. The molecule has 2 N–H and O–H groups in total. The van der Waals surface area contributed by atoms with Gasteiger partial charge in [-0.15, -0.1) is 0 Å². The molecule has 0 unspecified atom stereocenters. The summed E-state index contributed by atoms with van der Waals surface area (Å²) in [6.07, 6.45) is 1.77. The van der Waals surface area contributed by atoms with E-state index < -0.39 is 0 Å². The lowest BCUT2D eigenvalue weighted by Gasteiger charge is -2.11. The Bertz CT molecular complexity index is 3320. The van der Waals surface area contributed by atoms with E-state index in [9.17, 15) is 0 Å². The van der Waals surface area contributed by atoms with Crippen LogP contribution in [0.3, 0.4) is 0 Å². The molecule has 0 amide bonds. The van der Waals surface area contributed by atoms with Crippen LogP contribution in [-0.4, -0.2) is 92.7 Å². The number of H-pyrrole nitrogens is 2. The van der Waals surface area contributed by atoms with Crippen molar-refractivity contribution in [2.45, 2.75) is 0 Å². The summed E-state index contributed by atoms with van der Waals surface area (Å²) in [6.45, 7) is 3.30. The lowest BCUT2D eigenvalue weighted by atomic mass is 10.1. The molecule has 2 aliphatic rings. The number of aromatic amines is 2. The summed E-state index contributed by atoms with van der Waals surface area (Å²) in [7, 11) is 0. The number of ether oxygens (including phenoxy) is 5. The van der Waals surface area contributed by atoms with Crippen molar-refractivity contribution in [3.63, 3.8) is 0 Å². The van der Waals surface area contributed by atoms with E-state index in [4.69, 9.17) is 48.6 Å². The molecule has 0 fully saturated rings. The molecule has 0 spiro atoms. The van der Waals surface area contributed by atoms with Crippen LogP contribution in [0.4, 0.5) is 0 Å². The monoisotopic (exact) mass is 832 g/mol. The van der Waals surface area contributed by atoms with Crippen LogP contribution in [0.1, 0.15) is 0 Å². The Hall–Kier alpha value is -7.58. The molecule has 0 radical (unpaired) electrons. The number of hydrogen-bond acceptors (Lipinski definition) is 11. The van der Waals surface area contributed by atoms with Crippen molar-refractivity contribution in [2.24, 2.45) is 0 Å². The predicted molar refractivity (Wildman–Crippen MR) is 243 cm³/mol. The topological polar surface area (TPSA) is 155 Å². The summed E-state index contributed by atoms with van der Waals surface area (Å²) >= 11 is 0. The maximum Gasteiger partial charge on any atom is 0.168 e. The number of rotatable bonds is 14. The SMILES string of the molecule is c1ccc2c(c1)-c1cc3[nH]c(nc4nc(nc5[nH]c(nc-2n1)c1ccccc51)-c1cccc(OCCOCCOCCOCCOc2cccc5cccnc25)c1-4)c1ccccc31. The number of fused-ring (bicyclic) bond motifs is 21. The summed E-state index contributed by atoms with van der Waals surface area (Å²) in [5.41, 5.74) is 8.01. The maximum absolute atomic E-state index is 6.40. The highest BCUT2D eigenvalue weighted by Crippen LogP contribution is 2.41. The van der Waals surface area contributed by atoms with Gasteiger partial charge in [0, 0.05) is 55.3 Å². The first kappa shape index (κ1) is 38.3. The molecule has 11 rings (SSSR count). The molecule has 5 aromatic carbocycles. The van der Waals surface area contributed by atoms with Crippen LogP contribution >= 0.6 is 0 Å². The first-order valence-electron chi connectivity index (χ1n) is 20.9. The highest BCUT2D eigenvalue weighted by Gasteiger charge is 2.25. The number of aromatic nitrogens is 8. The minimum atomic E-state index is 0.310. The average molecular weight is 833 g/mol. The maximum atomic E-state index is 6.40. The van der Waals surface area contributed by atoms with E-state index in [-0.39, 0.29) is 0 Å². The van der Waals surface area contributed by atoms with Gasteiger partial charge in [0.1, 0.15) is 47.2 Å². The van der Waals surface area contributed by atoms with Gasteiger partial charge >= 0.3 is 0 Å². The number of para-hydroxylation sites is 1. The normalized spacial score (nSPS) is 11.9. The van der Waals surface area contributed by atoms with Crippen LogP contribution < -0.4 is 9.47 Å². The van der Waals surface area contributed by atoms with Gasteiger partial charge in [-0.2, -0.15) is 0 Å². The van der Waals surface area contributed by atoms with Crippen molar-refractivity contribution in [2.75, 3.05) is 52.9 Å². The Morgan fingerprint density at radius 2 is 0.952 bits per heavy atom. The fourth-order valence-corrected chi connectivity index (χ4v) is 8.10. The summed E-state index contributed by atoms with van der Waals surface area (Å²) in [5, 5.41) is 4.85. The van der Waals surface area contributed by atoms with E-state index in [0.717, 1.165) is 71.7 Å². The number of nitrogens with zero attached hydrogens (tertiary/aromatic N) is 6. The van der Waals surface area contributed by atoms with E-state index in [0.29, 0.717) is 93.0 Å². The second-order valence-electron chi connectivity index (χ2n) is 14.9. The standard InChI is InChI=1S/C50H40N8O5/c1-3-14-34-32(12-1)39-30-40-33-13-2-4-15-35(33)46(53-40)57-50-43-38(49(58-50)56-48-37-17-6-5-16-36(37)47(55-48)54-45(34)52-39)18-8-19-41(43)62-28-26-60-24-22-59-23-25-61-27-29-63-42-20-7-10-31-11-9-21-51-44(31)42/h1-21,30H,22-29H2,(H2,52,53,54,55,56,57,58). The molecule has 8 bridgehead atoms. The molecular weight excluding hydrogens is 793 g/mol. The van der Waals surface area contributed by atoms with Crippen molar-refractivity contribution >= 4 is 54.9 Å². The quantitative estimate of drug-likeness (QED) is 0.101. The second kappa shape index (κ2) is 17.1. The van der Waals surface area contributed by atoms with E-state index in [1.165, 1.54) is 0 Å². The minimum absolute atomic E-state index is 0.310. The van der Waals surface area contributed by atoms with Gasteiger partial charge < -0.3 is 33.7 Å². The van der Waals surface area contributed by atoms with E-state index in [1.54, 1.807) is 6.20 Å². The Balaban J connectivity index is 0.812. The molecule has 4 aromatic heterocycles. The molecule has 0 atom stereocenters.